The molecule has 2 rings (SSSR count). The number of rotatable bonds is 8. The van der Waals surface area contributed by atoms with Crippen molar-refractivity contribution in [3.8, 4) is 0 Å². The van der Waals surface area contributed by atoms with Gasteiger partial charge in [-0.05, 0) is 26.0 Å². The number of aromatic nitrogens is 2. The maximum absolute atomic E-state index is 12.3. The molecule has 0 radical (unpaired) electrons. The number of nitrogens with zero attached hydrogens (tertiary/aromatic N) is 3. The van der Waals surface area contributed by atoms with E-state index >= 15 is 0 Å². The number of anilines is 1. The first kappa shape index (κ1) is 20.0. The summed E-state index contributed by atoms with van der Waals surface area (Å²) in [5.74, 6) is -0.658. The Labute approximate surface area is 155 Å². The lowest BCUT2D eigenvalue weighted by Crippen LogP contribution is -2.30. The zero-order valence-corrected chi connectivity index (χ0v) is 15.2. The van der Waals surface area contributed by atoms with Crippen LogP contribution in [0, 0.1) is 24.0 Å². The Hall–Kier alpha value is -3.27. The molecular formula is C17H22N6O4. The van der Waals surface area contributed by atoms with Gasteiger partial charge in [-0.15, -0.1) is 0 Å². The molecule has 1 heterocycles. The number of nitrogens with one attached hydrogen (secondary N) is 2. The van der Waals surface area contributed by atoms with Gasteiger partial charge in [0.05, 0.1) is 22.7 Å². The monoisotopic (exact) mass is 374 g/mol. The van der Waals surface area contributed by atoms with Crippen molar-refractivity contribution < 1.29 is 14.5 Å². The number of nitro groups is 1. The second-order valence-electron chi connectivity index (χ2n) is 5.89. The van der Waals surface area contributed by atoms with E-state index in [9.17, 15) is 19.7 Å². The third-order valence-electron chi connectivity index (χ3n) is 3.95. The Morgan fingerprint density at radius 3 is 2.63 bits per heavy atom. The van der Waals surface area contributed by atoms with Crippen molar-refractivity contribution in [2.45, 2.75) is 26.8 Å². The lowest BCUT2D eigenvalue weighted by molar-refractivity contribution is -0.386. The summed E-state index contributed by atoms with van der Waals surface area (Å²) in [6.07, 6.45) is 0.0534. The van der Waals surface area contributed by atoms with Crippen LogP contribution in [0.5, 0.6) is 0 Å². The first-order valence-corrected chi connectivity index (χ1v) is 8.40. The first-order chi connectivity index (χ1) is 12.8. The first-order valence-electron chi connectivity index (χ1n) is 8.40. The van der Waals surface area contributed by atoms with E-state index in [1.807, 2.05) is 0 Å². The van der Waals surface area contributed by atoms with Gasteiger partial charge >= 0.3 is 5.69 Å². The maximum atomic E-state index is 12.3. The van der Waals surface area contributed by atoms with Crippen molar-refractivity contribution >= 4 is 23.2 Å². The molecular weight excluding hydrogens is 352 g/mol. The average molecular weight is 374 g/mol. The molecule has 2 amide bonds. The van der Waals surface area contributed by atoms with Crippen molar-refractivity contribution in [1.29, 1.82) is 0 Å². The van der Waals surface area contributed by atoms with Gasteiger partial charge in [-0.1, -0.05) is 12.1 Å². The quantitative estimate of drug-likeness (QED) is 0.466. The van der Waals surface area contributed by atoms with Crippen molar-refractivity contribution in [1.82, 2.24) is 15.1 Å². The minimum Gasteiger partial charge on any atom is -0.351 e. The smallest absolute Gasteiger partial charge is 0.312 e. The number of amides is 2. The molecule has 0 aliphatic rings. The summed E-state index contributed by atoms with van der Waals surface area (Å²) < 4.78 is 1.44. The van der Waals surface area contributed by atoms with Crippen LogP contribution < -0.4 is 16.4 Å². The van der Waals surface area contributed by atoms with E-state index in [1.54, 1.807) is 38.1 Å². The molecule has 0 unspecified atom stereocenters. The van der Waals surface area contributed by atoms with Gasteiger partial charge in [0.25, 0.3) is 5.91 Å². The van der Waals surface area contributed by atoms with Gasteiger partial charge in [0.2, 0.25) is 5.91 Å². The summed E-state index contributed by atoms with van der Waals surface area (Å²) in [6, 6.07) is 6.64. The van der Waals surface area contributed by atoms with E-state index in [0.717, 1.165) is 0 Å². The predicted molar refractivity (Wildman–Crippen MR) is 99.4 cm³/mol. The van der Waals surface area contributed by atoms with Crippen LogP contribution in [0.25, 0.3) is 0 Å². The largest absolute Gasteiger partial charge is 0.351 e. The van der Waals surface area contributed by atoms with Crippen LogP contribution in [0.3, 0.4) is 0 Å². The highest BCUT2D eigenvalue weighted by molar-refractivity contribution is 6.03. The van der Waals surface area contributed by atoms with Crippen LogP contribution in [-0.2, 0) is 11.3 Å². The van der Waals surface area contributed by atoms with E-state index < -0.39 is 4.92 Å². The van der Waals surface area contributed by atoms with Crippen molar-refractivity contribution in [2.75, 3.05) is 18.4 Å². The molecule has 0 atom stereocenters. The van der Waals surface area contributed by atoms with E-state index in [1.165, 1.54) is 4.68 Å². The molecule has 1 aromatic heterocycles. The highest BCUT2D eigenvalue weighted by atomic mass is 16.6. The summed E-state index contributed by atoms with van der Waals surface area (Å²) in [5, 5.41) is 20.5. The summed E-state index contributed by atoms with van der Waals surface area (Å²) in [4.78, 5) is 35.0. The Balaban J connectivity index is 2.04. The Morgan fingerprint density at radius 1 is 1.30 bits per heavy atom. The summed E-state index contributed by atoms with van der Waals surface area (Å²) in [7, 11) is 0. The van der Waals surface area contributed by atoms with E-state index in [2.05, 4.69) is 15.7 Å². The predicted octanol–water partition coefficient (Wildman–Crippen LogP) is 1.13. The fraction of sp³-hybridized carbons (Fsp3) is 0.353. The highest BCUT2D eigenvalue weighted by Crippen LogP contribution is 2.22. The number of benzene rings is 1. The Morgan fingerprint density at radius 2 is 2.00 bits per heavy atom. The normalized spacial score (nSPS) is 10.5. The number of hydrogen-bond acceptors (Lipinski definition) is 6. The Bertz CT molecular complexity index is 861. The van der Waals surface area contributed by atoms with Crippen LogP contribution in [-0.4, -0.2) is 39.6 Å². The van der Waals surface area contributed by atoms with E-state index in [4.69, 9.17) is 5.73 Å². The molecule has 0 aliphatic carbocycles. The minimum absolute atomic E-state index is 0.0441. The molecule has 0 aliphatic heterocycles. The van der Waals surface area contributed by atoms with Gasteiger partial charge in [0.15, 0.2) is 0 Å². The maximum Gasteiger partial charge on any atom is 0.312 e. The Kier molecular flexibility index (Phi) is 6.61. The highest BCUT2D eigenvalue weighted by Gasteiger charge is 2.22. The molecule has 1 aromatic carbocycles. The number of para-hydroxylation sites is 1. The van der Waals surface area contributed by atoms with Gasteiger partial charge in [0.1, 0.15) is 11.4 Å². The van der Waals surface area contributed by atoms with Gasteiger partial charge in [-0.2, -0.15) is 5.10 Å². The number of hydrogen-bond donors (Lipinski definition) is 3. The number of carbonyl (C=O) groups excluding carboxylic acids is 2. The summed E-state index contributed by atoms with van der Waals surface area (Å²) in [6.45, 7) is 3.98. The van der Waals surface area contributed by atoms with Crippen LogP contribution in [0.2, 0.25) is 0 Å². The molecule has 0 saturated heterocycles. The molecule has 27 heavy (non-hydrogen) atoms. The SMILES string of the molecule is Cc1nn(CCC(=O)Nc2ccccc2C(=O)NCCN)c(C)c1[N+](=O)[O-]. The molecule has 10 nitrogen and oxygen atoms in total. The van der Waals surface area contributed by atoms with Gasteiger partial charge < -0.3 is 16.4 Å². The molecule has 10 heteroatoms. The van der Waals surface area contributed by atoms with Crippen LogP contribution in [0.4, 0.5) is 11.4 Å². The molecule has 144 valence electrons. The number of nitrogens with two attached hydrogens (primary N) is 1. The van der Waals surface area contributed by atoms with E-state index in [-0.39, 0.29) is 30.5 Å². The van der Waals surface area contributed by atoms with Crippen molar-refractivity contribution in [3.05, 3.63) is 51.3 Å². The van der Waals surface area contributed by atoms with Crippen LogP contribution in [0.1, 0.15) is 28.2 Å². The lowest BCUT2D eigenvalue weighted by Gasteiger charge is -2.11. The molecule has 4 N–H and O–H groups in total. The van der Waals surface area contributed by atoms with Crippen LogP contribution >= 0.6 is 0 Å². The third kappa shape index (κ3) is 4.88. The van der Waals surface area contributed by atoms with Gasteiger partial charge in [-0.25, -0.2) is 0 Å². The molecule has 2 aromatic rings. The molecule has 0 fully saturated rings. The zero-order chi connectivity index (χ0) is 20.0. The molecule has 0 bridgehead atoms. The lowest BCUT2D eigenvalue weighted by atomic mass is 10.1. The average Bonchev–Trinajstić information content (AvgIpc) is 2.92. The topological polar surface area (TPSA) is 145 Å². The van der Waals surface area contributed by atoms with Gasteiger partial charge in [0, 0.05) is 19.5 Å². The molecule has 0 saturated carbocycles. The standard InChI is InChI=1S/C17H22N6O4/c1-11-16(23(26)27)12(2)22(21-11)10-7-15(24)20-14-6-4-3-5-13(14)17(25)19-9-8-18/h3-6H,7-10,18H2,1-2H3,(H,19,25)(H,20,24). The van der Waals surface area contributed by atoms with E-state index in [0.29, 0.717) is 35.7 Å². The fourth-order valence-electron chi connectivity index (χ4n) is 2.66. The third-order valence-corrected chi connectivity index (χ3v) is 3.95. The van der Waals surface area contributed by atoms with Crippen LogP contribution in [0.15, 0.2) is 24.3 Å². The number of aryl methyl sites for hydroxylation is 2. The zero-order valence-electron chi connectivity index (χ0n) is 15.2. The van der Waals surface area contributed by atoms with Gasteiger partial charge in [-0.3, -0.25) is 24.4 Å². The van der Waals surface area contributed by atoms with Crippen molar-refractivity contribution in [3.63, 3.8) is 0 Å². The summed E-state index contributed by atoms with van der Waals surface area (Å²) >= 11 is 0. The second-order valence-corrected chi connectivity index (χ2v) is 5.89. The number of carbonyl (C=O) groups is 2. The molecule has 0 spiro atoms. The second kappa shape index (κ2) is 8.90. The minimum atomic E-state index is -0.482. The fourth-order valence-corrected chi connectivity index (χ4v) is 2.66. The summed E-state index contributed by atoms with van der Waals surface area (Å²) in [5.41, 5.74) is 6.75. The van der Waals surface area contributed by atoms with Crippen molar-refractivity contribution in [2.24, 2.45) is 5.73 Å².